The van der Waals surface area contributed by atoms with Gasteiger partial charge in [-0.1, -0.05) is 6.07 Å². The van der Waals surface area contributed by atoms with Crippen LogP contribution in [0, 0.1) is 10.1 Å². The summed E-state index contributed by atoms with van der Waals surface area (Å²) in [6.45, 7) is 1.77. The molecule has 1 atom stereocenters. The first kappa shape index (κ1) is 14.4. The van der Waals surface area contributed by atoms with E-state index in [9.17, 15) is 20.0 Å². The monoisotopic (exact) mass is 287 g/mol. The third-order valence-corrected chi connectivity index (χ3v) is 2.91. The zero-order valence-corrected chi connectivity index (χ0v) is 11.2. The number of benzene rings is 1. The molecular formula is C14H13N3O4. The Balaban J connectivity index is 2.14. The molecule has 0 aliphatic carbocycles. The molecule has 7 heteroatoms. The lowest BCUT2D eigenvalue weighted by Crippen LogP contribution is -2.27. The van der Waals surface area contributed by atoms with E-state index in [4.69, 9.17) is 0 Å². The number of nitro benzene ring substituents is 1. The smallest absolute Gasteiger partial charge is 0.310 e. The predicted octanol–water partition coefficient (Wildman–Crippen LogP) is 2.19. The van der Waals surface area contributed by atoms with E-state index in [1.54, 1.807) is 25.3 Å². The Labute approximate surface area is 120 Å². The van der Waals surface area contributed by atoms with Crippen molar-refractivity contribution in [2.24, 2.45) is 0 Å². The maximum atomic E-state index is 12.0. The summed E-state index contributed by atoms with van der Waals surface area (Å²) < 4.78 is 0. The van der Waals surface area contributed by atoms with Crippen molar-refractivity contribution in [1.82, 2.24) is 10.3 Å². The van der Waals surface area contributed by atoms with Gasteiger partial charge >= 0.3 is 5.69 Å². The summed E-state index contributed by atoms with van der Waals surface area (Å²) in [5.41, 5.74) is 0.391. The van der Waals surface area contributed by atoms with Crippen LogP contribution in [0.1, 0.15) is 29.0 Å². The van der Waals surface area contributed by atoms with Crippen LogP contribution in [0.3, 0.4) is 0 Å². The third-order valence-electron chi connectivity index (χ3n) is 2.91. The van der Waals surface area contributed by atoms with Crippen LogP contribution in [0.15, 0.2) is 42.6 Å². The summed E-state index contributed by atoms with van der Waals surface area (Å²) in [5.74, 6) is -0.989. The lowest BCUT2D eigenvalue weighted by molar-refractivity contribution is -0.385. The number of aromatic nitrogens is 1. The average molecular weight is 287 g/mol. The van der Waals surface area contributed by atoms with E-state index in [0.29, 0.717) is 5.69 Å². The van der Waals surface area contributed by atoms with Crippen molar-refractivity contribution in [3.63, 3.8) is 0 Å². The number of aromatic hydroxyl groups is 1. The van der Waals surface area contributed by atoms with Crippen LogP contribution in [0.4, 0.5) is 5.69 Å². The molecule has 1 heterocycles. The second kappa shape index (κ2) is 6.00. The summed E-state index contributed by atoms with van der Waals surface area (Å²) in [6.07, 6.45) is 1.62. The van der Waals surface area contributed by atoms with Gasteiger partial charge in [-0.25, -0.2) is 0 Å². The van der Waals surface area contributed by atoms with E-state index in [1.165, 1.54) is 6.07 Å². The molecule has 21 heavy (non-hydrogen) atoms. The molecule has 1 unspecified atom stereocenters. The van der Waals surface area contributed by atoms with Gasteiger partial charge in [-0.15, -0.1) is 0 Å². The first-order chi connectivity index (χ1) is 9.99. The van der Waals surface area contributed by atoms with Gasteiger partial charge in [-0.3, -0.25) is 19.9 Å². The molecule has 0 saturated carbocycles. The predicted molar refractivity (Wildman–Crippen MR) is 74.9 cm³/mol. The second-order valence-electron chi connectivity index (χ2n) is 4.41. The molecule has 0 aliphatic rings. The van der Waals surface area contributed by atoms with Crippen LogP contribution in [0.25, 0.3) is 0 Å². The van der Waals surface area contributed by atoms with Gasteiger partial charge in [-0.05, 0) is 31.2 Å². The molecule has 1 amide bonds. The normalized spacial score (nSPS) is 11.7. The number of hydrogen-bond donors (Lipinski definition) is 2. The van der Waals surface area contributed by atoms with Crippen LogP contribution in [0.2, 0.25) is 0 Å². The number of rotatable bonds is 4. The Hall–Kier alpha value is -2.96. The molecule has 0 spiro atoms. The van der Waals surface area contributed by atoms with Crippen LogP contribution >= 0.6 is 0 Å². The van der Waals surface area contributed by atoms with E-state index in [0.717, 1.165) is 12.1 Å². The topological polar surface area (TPSA) is 105 Å². The summed E-state index contributed by atoms with van der Waals surface area (Å²) in [6, 6.07) is 8.48. The highest BCUT2D eigenvalue weighted by Gasteiger charge is 2.17. The van der Waals surface area contributed by atoms with E-state index >= 15 is 0 Å². The first-order valence-electron chi connectivity index (χ1n) is 6.18. The highest BCUT2D eigenvalue weighted by Crippen LogP contribution is 2.26. The van der Waals surface area contributed by atoms with Gasteiger partial charge in [0.15, 0.2) is 5.75 Å². The number of amides is 1. The quantitative estimate of drug-likeness (QED) is 0.662. The van der Waals surface area contributed by atoms with Gasteiger partial charge in [0.1, 0.15) is 0 Å². The number of nitro groups is 1. The Morgan fingerprint density at radius 3 is 2.71 bits per heavy atom. The number of phenols is 1. The molecule has 0 saturated heterocycles. The molecule has 7 nitrogen and oxygen atoms in total. The number of pyridine rings is 1. The van der Waals surface area contributed by atoms with Gasteiger partial charge in [0, 0.05) is 17.8 Å². The van der Waals surface area contributed by atoms with Crippen molar-refractivity contribution in [2.75, 3.05) is 0 Å². The molecule has 2 aromatic rings. The van der Waals surface area contributed by atoms with Gasteiger partial charge in [0.25, 0.3) is 5.91 Å². The van der Waals surface area contributed by atoms with Crippen LogP contribution in [0.5, 0.6) is 5.75 Å². The van der Waals surface area contributed by atoms with Gasteiger partial charge in [0.05, 0.1) is 16.7 Å². The Bertz CT molecular complexity index is 673. The molecule has 0 radical (unpaired) electrons. The van der Waals surface area contributed by atoms with Crippen molar-refractivity contribution in [3.05, 3.63) is 64.0 Å². The molecule has 2 rings (SSSR count). The van der Waals surface area contributed by atoms with Crippen LogP contribution in [-0.2, 0) is 0 Å². The molecule has 108 valence electrons. The standard InChI is InChI=1S/C14H13N3O4/c1-9(11-4-2-3-7-15-11)16-14(19)10-5-6-12(17(20)21)13(18)8-10/h2-9,18H,1H3,(H,16,19). The average Bonchev–Trinajstić information content (AvgIpc) is 2.47. The summed E-state index contributed by atoms with van der Waals surface area (Å²) >= 11 is 0. The number of carbonyl (C=O) groups excluding carboxylic acids is 1. The lowest BCUT2D eigenvalue weighted by atomic mass is 10.1. The Morgan fingerprint density at radius 2 is 2.14 bits per heavy atom. The molecule has 0 fully saturated rings. The fraction of sp³-hybridized carbons (Fsp3) is 0.143. The Kier molecular flexibility index (Phi) is 4.13. The molecule has 2 N–H and O–H groups in total. The molecule has 0 bridgehead atoms. The fourth-order valence-corrected chi connectivity index (χ4v) is 1.81. The van der Waals surface area contributed by atoms with E-state index in [-0.39, 0.29) is 11.6 Å². The van der Waals surface area contributed by atoms with Crippen molar-refractivity contribution < 1.29 is 14.8 Å². The second-order valence-corrected chi connectivity index (χ2v) is 4.41. The highest BCUT2D eigenvalue weighted by atomic mass is 16.6. The molecule has 1 aromatic heterocycles. The minimum atomic E-state index is -0.715. The zero-order chi connectivity index (χ0) is 15.4. The zero-order valence-electron chi connectivity index (χ0n) is 11.2. The van der Waals surface area contributed by atoms with Gasteiger partial charge < -0.3 is 10.4 Å². The van der Waals surface area contributed by atoms with Gasteiger partial charge in [0.2, 0.25) is 0 Å². The Morgan fingerprint density at radius 1 is 1.38 bits per heavy atom. The summed E-state index contributed by atoms with van der Waals surface area (Å²) in [4.78, 5) is 26.1. The summed E-state index contributed by atoms with van der Waals surface area (Å²) in [5, 5.41) is 22.8. The van der Waals surface area contributed by atoms with E-state index in [1.807, 2.05) is 6.07 Å². The van der Waals surface area contributed by atoms with Crippen molar-refractivity contribution >= 4 is 11.6 Å². The highest BCUT2D eigenvalue weighted by molar-refractivity contribution is 5.95. The number of nitrogens with zero attached hydrogens (tertiary/aromatic N) is 2. The van der Waals surface area contributed by atoms with E-state index in [2.05, 4.69) is 10.3 Å². The largest absolute Gasteiger partial charge is 0.502 e. The molecular weight excluding hydrogens is 274 g/mol. The maximum Gasteiger partial charge on any atom is 0.310 e. The SMILES string of the molecule is CC(NC(=O)c1ccc([N+](=O)[O-])c(O)c1)c1ccccn1. The third kappa shape index (κ3) is 3.33. The van der Waals surface area contributed by atoms with Crippen LogP contribution in [-0.4, -0.2) is 20.9 Å². The first-order valence-corrected chi connectivity index (χ1v) is 6.18. The van der Waals surface area contributed by atoms with Crippen molar-refractivity contribution in [3.8, 4) is 5.75 Å². The van der Waals surface area contributed by atoms with Crippen LogP contribution < -0.4 is 5.32 Å². The van der Waals surface area contributed by atoms with Crippen molar-refractivity contribution in [2.45, 2.75) is 13.0 Å². The summed E-state index contributed by atoms with van der Waals surface area (Å²) in [7, 11) is 0. The van der Waals surface area contributed by atoms with E-state index < -0.39 is 22.3 Å². The molecule has 0 aliphatic heterocycles. The maximum absolute atomic E-state index is 12.0. The minimum absolute atomic E-state index is 0.140. The molecule has 1 aromatic carbocycles. The number of nitrogens with one attached hydrogen (secondary N) is 1. The fourth-order valence-electron chi connectivity index (χ4n) is 1.81. The van der Waals surface area contributed by atoms with Crippen molar-refractivity contribution in [1.29, 1.82) is 0 Å². The lowest BCUT2D eigenvalue weighted by Gasteiger charge is -2.13. The number of carbonyl (C=O) groups is 1. The number of hydrogen-bond acceptors (Lipinski definition) is 5. The number of phenolic OH excluding ortho intramolecular Hbond substituents is 1. The minimum Gasteiger partial charge on any atom is -0.502 e. The van der Waals surface area contributed by atoms with Gasteiger partial charge in [-0.2, -0.15) is 0 Å².